The molecule has 0 fully saturated rings. The van der Waals surface area contributed by atoms with Gasteiger partial charge in [-0.05, 0) is 6.42 Å². The highest BCUT2D eigenvalue weighted by atomic mass is 19.3. The van der Waals surface area contributed by atoms with Gasteiger partial charge in [0.15, 0.2) is 0 Å². The summed E-state index contributed by atoms with van der Waals surface area (Å²) in [6.45, 7) is 2.37. The zero-order chi connectivity index (χ0) is 10.8. The van der Waals surface area contributed by atoms with Gasteiger partial charge in [-0.2, -0.15) is 13.9 Å². The van der Waals surface area contributed by atoms with E-state index in [2.05, 4.69) is 5.10 Å². The van der Waals surface area contributed by atoms with E-state index in [9.17, 15) is 13.6 Å². The Hall–Kier alpha value is -1.46. The van der Waals surface area contributed by atoms with Crippen molar-refractivity contribution in [2.24, 2.45) is 0 Å². The number of alkyl halides is 2. The second kappa shape index (κ2) is 3.73. The summed E-state index contributed by atoms with van der Waals surface area (Å²) in [6, 6.07) is 0. The van der Waals surface area contributed by atoms with E-state index in [-0.39, 0.29) is 0 Å². The predicted octanol–water partition coefficient (Wildman–Crippen LogP) is 1.47. The first-order valence-electron chi connectivity index (χ1n) is 4.12. The number of aryl methyl sites for hydroxylation is 1. The van der Waals surface area contributed by atoms with Gasteiger partial charge in [-0.3, -0.25) is 4.68 Å². The molecule has 0 atom stereocenters. The van der Waals surface area contributed by atoms with Gasteiger partial charge >= 0.3 is 11.9 Å². The lowest BCUT2D eigenvalue weighted by atomic mass is 10.2. The van der Waals surface area contributed by atoms with E-state index in [4.69, 9.17) is 5.11 Å². The van der Waals surface area contributed by atoms with Gasteiger partial charge in [0.1, 0.15) is 0 Å². The second-order valence-corrected chi connectivity index (χ2v) is 2.87. The molecule has 1 aromatic heterocycles. The Morgan fingerprint density at radius 1 is 1.71 bits per heavy atom. The van der Waals surface area contributed by atoms with Crippen molar-refractivity contribution in [3.05, 3.63) is 18.0 Å². The number of carboxylic acids is 1. The molecule has 14 heavy (non-hydrogen) atoms. The Morgan fingerprint density at radius 3 is 2.86 bits per heavy atom. The lowest BCUT2D eigenvalue weighted by molar-refractivity contribution is -0.166. The van der Waals surface area contributed by atoms with Crippen LogP contribution in [-0.2, 0) is 17.3 Å². The zero-order valence-electron chi connectivity index (χ0n) is 7.57. The topological polar surface area (TPSA) is 55.1 Å². The molecule has 1 rings (SSSR count). The number of aliphatic carboxylic acids is 1. The van der Waals surface area contributed by atoms with Gasteiger partial charge in [-0.25, -0.2) is 4.79 Å². The number of carboxylic acid groups (broad SMARTS) is 1. The molecule has 4 nitrogen and oxygen atoms in total. The number of aromatic nitrogens is 2. The molecule has 1 aromatic rings. The third-order valence-electron chi connectivity index (χ3n) is 1.72. The summed E-state index contributed by atoms with van der Waals surface area (Å²) in [4.78, 5) is 10.2. The van der Waals surface area contributed by atoms with Crippen molar-refractivity contribution in [2.45, 2.75) is 25.8 Å². The molecule has 0 unspecified atom stereocenters. The Balaban J connectivity index is 2.91. The lowest BCUT2D eigenvalue weighted by Crippen LogP contribution is -2.24. The normalized spacial score (nSPS) is 11.6. The summed E-state index contributed by atoms with van der Waals surface area (Å²) >= 11 is 0. The van der Waals surface area contributed by atoms with Gasteiger partial charge in [0.05, 0.1) is 11.8 Å². The molecule has 0 aliphatic carbocycles. The van der Waals surface area contributed by atoms with E-state index in [1.165, 1.54) is 4.68 Å². The molecule has 0 saturated carbocycles. The quantitative estimate of drug-likeness (QED) is 0.807. The van der Waals surface area contributed by atoms with Crippen molar-refractivity contribution in [3.63, 3.8) is 0 Å². The maximum atomic E-state index is 12.9. The smallest absolute Gasteiger partial charge is 0.379 e. The summed E-state index contributed by atoms with van der Waals surface area (Å²) in [5.74, 6) is -6.01. The van der Waals surface area contributed by atoms with E-state index in [0.717, 1.165) is 18.8 Å². The van der Waals surface area contributed by atoms with Crippen LogP contribution in [0.1, 0.15) is 18.9 Å². The standard InChI is InChI=1S/C8H10F2N2O2/c1-2-3-12-5-6(4-11-12)8(9,10)7(13)14/h4-5H,2-3H2,1H3,(H,13,14). The summed E-state index contributed by atoms with van der Waals surface area (Å²) in [7, 11) is 0. The minimum Gasteiger partial charge on any atom is -0.477 e. The maximum absolute atomic E-state index is 12.9. The first-order valence-corrected chi connectivity index (χ1v) is 4.12. The van der Waals surface area contributed by atoms with Crippen LogP contribution in [-0.4, -0.2) is 20.9 Å². The summed E-state index contributed by atoms with van der Waals surface area (Å²) in [5, 5.41) is 11.9. The number of rotatable bonds is 4. The molecule has 0 radical (unpaired) electrons. The average molecular weight is 204 g/mol. The fourth-order valence-electron chi connectivity index (χ4n) is 1.00. The first-order chi connectivity index (χ1) is 6.48. The van der Waals surface area contributed by atoms with Crippen LogP contribution in [0.2, 0.25) is 0 Å². The average Bonchev–Trinajstić information content (AvgIpc) is 2.53. The Kier molecular flexibility index (Phi) is 2.83. The summed E-state index contributed by atoms with van der Waals surface area (Å²) < 4.78 is 27.1. The van der Waals surface area contributed by atoms with Crippen molar-refractivity contribution in [1.29, 1.82) is 0 Å². The lowest BCUT2D eigenvalue weighted by Gasteiger charge is -2.07. The highest BCUT2D eigenvalue weighted by molar-refractivity contribution is 5.76. The summed E-state index contributed by atoms with van der Waals surface area (Å²) in [5.41, 5.74) is -0.585. The van der Waals surface area contributed by atoms with Crippen molar-refractivity contribution in [2.75, 3.05) is 0 Å². The largest absolute Gasteiger partial charge is 0.477 e. The van der Waals surface area contributed by atoms with Crippen LogP contribution in [0, 0.1) is 0 Å². The van der Waals surface area contributed by atoms with Crippen molar-refractivity contribution in [3.8, 4) is 0 Å². The van der Waals surface area contributed by atoms with Gasteiger partial charge in [-0.1, -0.05) is 6.92 Å². The van der Waals surface area contributed by atoms with Crippen molar-refractivity contribution in [1.82, 2.24) is 9.78 Å². The highest BCUT2D eigenvalue weighted by Gasteiger charge is 2.42. The molecule has 0 amide bonds. The van der Waals surface area contributed by atoms with Crippen LogP contribution >= 0.6 is 0 Å². The molecular weight excluding hydrogens is 194 g/mol. The van der Waals surface area contributed by atoms with Crippen LogP contribution < -0.4 is 0 Å². The van der Waals surface area contributed by atoms with Crippen LogP contribution in [0.15, 0.2) is 12.4 Å². The van der Waals surface area contributed by atoms with Crippen LogP contribution in [0.5, 0.6) is 0 Å². The molecule has 0 aromatic carbocycles. The fraction of sp³-hybridized carbons (Fsp3) is 0.500. The number of halogens is 2. The minimum absolute atomic E-state index is 0.496. The van der Waals surface area contributed by atoms with Gasteiger partial charge < -0.3 is 5.11 Å². The van der Waals surface area contributed by atoms with Crippen LogP contribution in [0.25, 0.3) is 0 Å². The molecule has 0 aliphatic rings. The Bertz CT molecular complexity index is 336. The van der Waals surface area contributed by atoms with E-state index in [1.807, 2.05) is 6.92 Å². The van der Waals surface area contributed by atoms with Crippen molar-refractivity contribution < 1.29 is 18.7 Å². The first kappa shape index (κ1) is 10.6. The highest BCUT2D eigenvalue weighted by Crippen LogP contribution is 2.27. The molecule has 0 saturated heterocycles. The number of hydrogen-bond acceptors (Lipinski definition) is 2. The van der Waals surface area contributed by atoms with Crippen molar-refractivity contribution >= 4 is 5.97 Å². The van der Waals surface area contributed by atoms with Gasteiger partial charge in [0, 0.05) is 12.7 Å². The zero-order valence-corrected chi connectivity index (χ0v) is 7.57. The molecule has 0 spiro atoms. The van der Waals surface area contributed by atoms with E-state index >= 15 is 0 Å². The van der Waals surface area contributed by atoms with E-state index in [1.54, 1.807) is 0 Å². The van der Waals surface area contributed by atoms with Gasteiger partial charge in [0.2, 0.25) is 0 Å². The molecule has 0 aliphatic heterocycles. The SMILES string of the molecule is CCCn1cc(C(F)(F)C(=O)O)cn1. The monoisotopic (exact) mass is 204 g/mol. The fourth-order valence-corrected chi connectivity index (χ4v) is 1.00. The number of hydrogen-bond donors (Lipinski definition) is 1. The maximum Gasteiger partial charge on any atom is 0.379 e. The van der Waals surface area contributed by atoms with Crippen LogP contribution in [0.4, 0.5) is 8.78 Å². The third kappa shape index (κ3) is 1.89. The molecule has 0 bridgehead atoms. The third-order valence-corrected chi connectivity index (χ3v) is 1.72. The number of carbonyl (C=O) groups is 1. The van der Waals surface area contributed by atoms with E-state index < -0.39 is 17.5 Å². The summed E-state index contributed by atoms with van der Waals surface area (Å²) in [6.07, 6.45) is 2.68. The number of nitrogens with zero attached hydrogens (tertiary/aromatic N) is 2. The molecule has 78 valence electrons. The minimum atomic E-state index is -3.86. The molecule has 6 heteroatoms. The van der Waals surface area contributed by atoms with Crippen LogP contribution in [0.3, 0.4) is 0 Å². The van der Waals surface area contributed by atoms with E-state index in [0.29, 0.717) is 6.54 Å². The Morgan fingerprint density at radius 2 is 2.36 bits per heavy atom. The van der Waals surface area contributed by atoms with Gasteiger partial charge in [0.25, 0.3) is 0 Å². The second-order valence-electron chi connectivity index (χ2n) is 2.87. The predicted molar refractivity (Wildman–Crippen MR) is 44.0 cm³/mol. The Labute approximate surface area is 79.2 Å². The molecule has 1 N–H and O–H groups in total. The molecular formula is C8H10F2N2O2. The van der Waals surface area contributed by atoms with Gasteiger partial charge in [-0.15, -0.1) is 0 Å². The molecule has 1 heterocycles.